The second kappa shape index (κ2) is 4.74. The summed E-state index contributed by atoms with van der Waals surface area (Å²) in [5.41, 5.74) is 3.59. The monoisotopic (exact) mass is 274 g/mol. The molecule has 0 saturated heterocycles. The number of rotatable bonds is 2. The minimum absolute atomic E-state index is 0.334. The number of hydrogen-bond donors (Lipinski definition) is 0. The maximum Gasteiger partial charge on any atom is 0.359 e. The first-order valence-corrected chi connectivity index (χ1v) is 7.16. The van der Waals surface area contributed by atoms with Crippen LogP contribution in [-0.4, -0.2) is 22.4 Å². The number of fused-ring (bicyclic) bond motifs is 3. The fourth-order valence-electron chi connectivity index (χ4n) is 2.34. The first-order valence-electron chi connectivity index (χ1n) is 6.17. The van der Waals surface area contributed by atoms with Crippen LogP contribution >= 0.6 is 11.8 Å². The molecule has 19 heavy (non-hydrogen) atoms. The standard InChI is InChI=1S/C14H14N2O2S/c1-3-18-14(17)12-10-8-19-11-7-5-4-6-9(11)13(10)16(2)15-12/h4-7H,3,8H2,1-2H3. The Labute approximate surface area is 115 Å². The van der Waals surface area contributed by atoms with Gasteiger partial charge in [0.2, 0.25) is 0 Å². The number of ether oxygens (including phenoxy) is 1. The smallest absolute Gasteiger partial charge is 0.359 e. The van der Waals surface area contributed by atoms with Gasteiger partial charge in [-0.05, 0) is 13.0 Å². The van der Waals surface area contributed by atoms with Crippen LogP contribution in [0.25, 0.3) is 11.3 Å². The second-order valence-corrected chi connectivity index (χ2v) is 5.32. The molecule has 1 aromatic carbocycles. The Morgan fingerprint density at radius 2 is 2.26 bits per heavy atom. The number of aryl methyl sites for hydroxylation is 1. The maximum absolute atomic E-state index is 11.9. The zero-order valence-corrected chi connectivity index (χ0v) is 11.7. The predicted molar refractivity (Wildman–Crippen MR) is 74.2 cm³/mol. The summed E-state index contributed by atoms with van der Waals surface area (Å²) in [6.45, 7) is 2.17. The van der Waals surface area contributed by atoms with Crippen LogP contribution < -0.4 is 0 Å². The van der Waals surface area contributed by atoms with E-state index in [1.807, 2.05) is 19.2 Å². The van der Waals surface area contributed by atoms with Crippen molar-refractivity contribution in [3.63, 3.8) is 0 Å². The number of thioether (sulfide) groups is 1. The van der Waals surface area contributed by atoms with Gasteiger partial charge in [0.1, 0.15) is 0 Å². The van der Waals surface area contributed by atoms with Gasteiger partial charge < -0.3 is 4.74 Å². The van der Waals surface area contributed by atoms with Crippen molar-refractivity contribution in [1.82, 2.24) is 9.78 Å². The summed E-state index contributed by atoms with van der Waals surface area (Å²) in [6, 6.07) is 8.20. The van der Waals surface area contributed by atoms with E-state index in [0.29, 0.717) is 12.3 Å². The Balaban J connectivity index is 2.15. The van der Waals surface area contributed by atoms with Gasteiger partial charge in [-0.3, -0.25) is 4.68 Å². The van der Waals surface area contributed by atoms with E-state index < -0.39 is 0 Å². The van der Waals surface area contributed by atoms with Gasteiger partial charge in [0.05, 0.1) is 12.3 Å². The van der Waals surface area contributed by atoms with E-state index in [1.165, 1.54) is 4.90 Å². The minimum atomic E-state index is -0.334. The molecular weight excluding hydrogens is 260 g/mol. The summed E-state index contributed by atoms with van der Waals surface area (Å²) >= 11 is 1.73. The molecule has 0 spiro atoms. The molecule has 2 aromatic rings. The Hall–Kier alpha value is -1.75. The number of nitrogens with zero attached hydrogens (tertiary/aromatic N) is 2. The Kier molecular flexibility index (Phi) is 3.06. The number of benzene rings is 1. The van der Waals surface area contributed by atoms with Crippen molar-refractivity contribution in [2.24, 2.45) is 7.05 Å². The lowest BCUT2D eigenvalue weighted by molar-refractivity contribution is 0.0517. The van der Waals surface area contributed by atoms with Crippen molar-refractivity contribution in [3.8, 4) is 11.3 Å². The quantitative estimate of drug-likeness (QED) is 0.790. The summed E-state index contributed by atoms with van der Waals surface area (Å²) in [5, 5.41) is 4.34. The molecule has 0 bridgehead atoms. The SMILES string of the molecule is CCOC(=O)c1nn(C)c2c1CSc1ccccc1-2. The normalized spacial score (nSPS) is 12.7. The lowest BCUT2D eigenvalue weighted by Gasteiger charge is -2.16. The zero-order chi connectivity index (χ0) is 13.4. The lowest BCUT2D eigenvalue weighted by Crippen LogP contribution is -2.08. The van der Waals surface area contributed by atoms with Gasteiger partial charge in [-0.25, -0.2) is 4.79 Å². The van der Waals surface area contributed by atoms with E-state index in [2.05, 4.69) is 17.2 Å². The third-order valence-electron chi connectivity index (χ3n) is 3.13. The van der Waals surface area contributed by atoms with Gasteiger partial charge in [0.25, 0.3) is 0 Å². The van der Waals surface area contributed by atoms with Crippen LogP contribution in [0.3, 0.4) is 0 Å². The van der Waals surface area contributed by atoms with E-state index in [9.17, 15) is 4.79 Å². The van der Waals surface area contributed by atoms with Crippen LogP contribution in [0.4, 0.5) is 0 Å². The molecule has 0 unspecified atom stereocenters. The molecule has 98 valence electrons. The molecule has 0 fully saturated rings. The van der Waals surface area contributed by atoms with Crippen molar-refractivity contribution in [3.05, 3.63) is 35.5 Å². The van der Waals surface area contributed by atoms with Crippen molar-refractivity contribution in [2.75, 3.05) is 6.61 Å². The first kappa shape index (κ1) is 12.3. The molecule has 1 aromatic heterocycles. The average Bonchev–Trinajstić information content (AvgIpc) is 2.77. The van der Waals surface area contributed by atoms with Gasteiger partial charge in [0, 0.05) is 28.8 Å². The zero-order valence-electron chi connectivity index (χ0n) is 10.8. The molecule has 1 aliphatic heterocycles. The summed E-state index contributed by atoms with van der Waals surface area (Å²) in [7, 11) is 1.87. The molecule has 0 amide bonds. The summed E-state index contributed by atoms with van der Waals surface area (Å²) in [5.74, 6) is 0.424. The molecular formula is C14H14N2O2S. The van der Waals surface area contributed by atoms with E-state index in [4.69, 9.17) is 4.74 Å². The van der Waals surface area contributed by atoms with Crippen LogP contribution in [0.1, 0.15) is 23.0 Å². The van der Waals surface area contributed by atoms with E-state index >= 15 is 0 Å². The predicted octanol–water partition coefficient (Wildman–Crippen LogP) is 2.87. The fraction of sp³-hybridized carbons (Fsp3) is 0.286. The first-order chi connectivity index (χ1) is 9.22. The molecule has 0 aliphatic carbocycles. The van der Waals surface area contributed by atoms with Gasteiger partial charge >= 0.3 is 5.97 Å². The van der Waals surface area contributed by atoms with Crippen molar-refractivity contribution < 1.29 is 9.53 Å². The van der Waals surface area contributed by atoms with Gasteiger partial charge in [-0.15, -0.1) is 11.8 Å². The number of hydrogen-bond acceptors (Lipinski definition) is 4. The fourth-order valence-corrected chi connectivity index (χ4v) is 3.41. The molecule has 3 rings (SSSR count). The lowest BCUT2D eigenvalue weighted by atomic mass is 10.1. The minimum Gasteiger partial charge on any atom is -0.461 e. The Morgan fingerprint density at radius 3 is 3.05 bits per heavy atom. The average molecular weight is 274 g/mol. The van der Waals surface area contributed by atoms with E-state index in [0.717, 1.165) is 22.6 Å². The largest absolute Gasteiger partial charge is 0.461 e. The summed E-state index contributed by atoms with van der Waals surface area (Å²) in [6.07, 6.45) is 0. The summed E-state index contributed by atoms with van der Waals surface area (Å²) < 4.78 is 6.85. The number of carbonyl (C=O) groups is 1. The highest BCUT2D eigenvalue weighted by Crippen LogP contribution is 2.42. The molecule has 4 nitrogen and oxygen atoms in total. The van der Waals surface area contributed by atoms with Gasteiger partial charge in [-0.2, -0.15) is 5.10 Å². The third kappa shape index (κ3) is 1.94. The van der Waals surface area contributed by atoms with E-state index in [1.54, 1.807) is 23.4 Å². The molecule has 0 radical (unpaired) electrons. The Bertz CT molecular complexity index is 649. The van der Waals surface area contributed by atoms with Gasteiger partial charge in [-0.1, -0.05) is 18.2 Å². The van der Waals surface area contributed by atoms with Crippen LogP contribution in [0, 0.1) is 0 Å². The molecule has 0 N–H and O–H groups in total. The van der Waals surface area contributed by atoms with Crippen LogP contribution in [0.15, 0.2) is 29.2 Å². The number of carbonyl (C=O) groups excluding carboxylic acids is 1. The maximum atomic E-state index is 11.9. The van der Waals surface area contributed by atoms with Crippen molar-refractivity contribution in [1.29, 1.82) is 0 Å². The van der Waals surface area contributed by atoms with Crippen molar-refractivity contribution in [2.45, 2.75) is 17.6 Å². The highest BCUT2D eigenvalue weighted by molar-refractivity contribution is 7.98. The molecule has 2 heterocycles. The molecule has 0 saturated carbocycles. The number of esters is 1. The van der Waals surface area contributed by atoms with Crippen LogP contribution in [0.5, 0.6) is 0 Å². The molecule has 1 aliphatic rings. The van der Waals surface area contributed by atoms with Crippen LogP contribution in [0.2, 0.25) is 0 Å². The van der Waals surface area contributed by atoms with E-state index in [-0.39, 0.29) is 5.97 Å². The highest BCUT2D eigenvalue weighted by atomic mass is 32.2. The highest BCUT2D eigenvalue weighted by Gasteiger charge is 2.27. The number of aromatic nitrogens is 2. The van der Waals surface area contributed by atoms with Crippen LogP contribution in [-0.2, 0) is 17.5 Å². The van der Waals surface area contributed by atoms with Crippen molar-refractivity contribution >= 4 is 17.7 Å². The topological polar surface area (TPSA) is 44.1 Å². The Morgan fingerprint density at radius 1 is 1.47 bits per heavy atom. The van der Waals surface area contributed by atoms with Gasteiger partial charge in [0.15, 0.2) is 5.69 Å². The molecule has 5 heteroatoms. The molecule has 0 atom stereocenters. The second-order valence-electron chi connectivity index (χ2n) is 4.30. The third-order valence-corrected chi connectivity index (χ3v) is 4.23. The summed E-state index contributed by atoms with van der Waals surface area (Å²) in [4.78, 5) is 13.2.